The Morgan fingerprint density at radius 1 is 0.621 bits per heavy atom. The molecule has 2 aliphatic rings. The fraction of sp³-hybridized carbons (Fsp3) is 0.143. The van der Waals surface area contributed by atoms with Crippen molar-refractivity contribution in [2.45, 2.75) is 51.0 Å². The number of rotatable bonds is 9. The average Bonchev–Trinajstić information content (AvgIpc) is 3.82. The fourth-order valence-electron chi connectivity index (χ4n) is 9.95. The molecular formula is C56H48N2. The normalized spacial score (nSPS) is 16.4. The molecule has 0 radical (unpaired) electrons. The lowest BCUT2D eigenvalue weighted by Gasteiger charge is -2.28. The second-order valence-electron chi connectivity index (χ2n) is 15.8. The molecular weight excluding hydrogens is 701 g/mol. The molecule has 2 heterocycles. The molecule has 2 aliphatic carbocycles. The smallest absolute Gasteiger partial charge is 0.0576 e. The molecule has 2 nitrogen and oxygen atoms in total. The number of hydrogen-bond donors (Lipinski definition) is 0. The quantitative estimate of drug-likeness (QED) is 0.130. The largest absolute Gasteiger partial charge is 0.333 e. The zero-order valence-corrected chi connectivity index (χ0v) is 33.3. The summed E-state index contributed by atoms with van der Waals surface area (Å²) in [6.45, 7) is 4.54. The monoisotopic (exact) mass is 748 g/mol. The zero-order valence-electron chi connectivity index (χ0n) is 33.3. The van der Waals surface area contributed by atoms with Crippen LogP contribution in [0.3, 0.4) is 0 Å². The summed E-state index contributed by atoms with van der Waals surface area (Å²) in [6.07, 6.45) is 23.6. The summed E-state index contributed by atoms with van der Waals surface area (Å²) in [6, 6.07) is 54.3. The minimum absolute atomic E-state index is 0.103. The fourth-order valence-corrected chi connectivity index (χ4v) is 9.95. The first kappa shape index (κ1) is 35.8. The van der Waals surface area contributed by atoms with Crippen LogP contribution in [-0.2, 0) is 6.42 Å². The molecule has 3 unspecified atom stereocenters. The summed E-state index contributed by atoms with van der Waals surface area (Å²) in [5, 5.41) is 3.99. The van der Waals surface area contributed by atoms with Crippen LogP contribution in [0.2, 0.25) is 0 Å². The summed E-state index contributed by atoms with van der Waals surface area (Å²) in [5.41, 5.74) is 15.7. The lowest BCUT2D eigenvalue weighted by Crippen LogP contribution is -2.12. The van der Waals surface area contributed by atoms with Gasteiger partial charge in [0.05, 0.1) is 22.8 Å². The Balaban J connectivity index is 1.16. The van der Waals surface area contributed by atoms with Crippen LogP contribution >= 0.6 is 0 Å². The van der Waals surface area contributed by atoms with Crippen molar-refractivity contribution in [2.75, 3.05) is 0 Å². The third kappa shape index (κ3) is 6.03. The molecule has 3 atom stereocenters. The molecule has 282 valence electrons. The van der Waals surface area contributed by atoms with Crippen molar-refractivity contribution in [1.29, 1.82) is 0 Å². The molecule has 6 aromatic carbocycles. The van der Waals surface area contributed by atoms with E-state index in [0.717, 1.165) is 19.3 Å². The molecule has 2 heteroatoms. The van der Waals surface area contributed by atoms with E-state index in [-0.39, 0.29) is 17.9 Å². The number of fused-ring (bicyclic) bond motifs is 6. The van der Waals surface area contributed by atoms with Gasteiger partial charge < -0.3 is 9.13 Å². The van der Waals surface area contributed by atoms with E-state index in [2.05, 4.69) is 223 Å². The summed E-state index contributed by atoms with van der Waals surface area (Å²) in [7, 11) is 0. The highest BCUT2D eigenvalue weighted by atomic mass is 15.0. The third-order valence-corrected chi connectivity index (χ3v) is 12.5. The number of aromatic nitrogens is 2. The molecule has 0 aliphatic heterocycles. The predicted octanol–water partition coefficient (Wildman–Crippen LogP) is 14.9. The third-order valence-electron chi connectivity index (χ3n) is 12.5. The van der Waals surface area contributed by atoms with Crippen LogP contribution in [0.4, 0.5) is 0 Å². The first-order valence-corrected chi connectivity index (χ1v) is 20.9. The second kappa shape index (κ2) is 15.4. The Labute approximate surface area is 342 Å². The van der Waals surface area contributed by atoms with Gasteiger partial charge in [0.15, 0.2) is 0 Å². The molecule has 2 aromatic heterocycles. The van der Waals surface area contributed by atoms with E-state index < -0.39 is 0 Å². The van der Waals surface area contributed by atoms with Gasteiger partial charge in [-0.05, 0) is 89.8 Å². The van der Waals surface area contributed by atoms with E-state index in [1.54, 1.807) is 0 Å². The maximum Gasteiger partial charge on any atom is 0.0576 e. The van der Waals surface area contributed by atoms with E-state index in [4.69, 9.17) is 0 Å². The molecule has 0 saturated carbocycles. The van der Waals surface area contributed by atoms with Crippen molar-refractivity contribution >= 4 is 38.3 Å². The van der Waals surface area contributed by atoms with Gasteiger partial charge in [-0.2, -0.15) is 0 Å². The highest BCUT2D eigenvalue weighted by Gasteiger charge is 2.29. The van der Waals surface area contributed by atoms with Crippen LogP contribution < -0.4 is 0 Å². The van der Waals surface area contributed by atoms with Crippen molar-refractivity contribution in [3.63, 3.8) is 0 Å². The number of para-hydroxylation sites is 4. The van der Waals surface area contributed by atoms with Gasteiger partial charge in [-0.15, -0.1) is 0 Å². The van der Waals surface area contributed by atoms with Gasteiger partial charge in [-0.3, -0.25) is 0 Å². The molecule has 10 rings (SSSR count). The van der Waals surface area contributed by atoms with Crippen LogP contribution in [0.25, 0.3) is 55.1 Å². The van der Waals surface area contributed by atoms with Crippen molar-refractivity contribution < 1.29 is 0 Å². The molecule has 0 amide bonds. The first-order chi connectivity index (χ1) is 28.7. The summed E-state index contributed by atoms with van der Waals surface area (Å²) >= 11 is 0. The van der Waals surface area contributed by atoms with Crippen molar-refractivity contribution in [3.8, 4) is 16.8 Å². The van der Waals surface area contributed by atoms with Crippen LogP contribution in [0, 0.1) is 0 Å². The average molecular weight is 749 g/mol. The maximum absolute atomic E-state index is 2.61. The van der Waals surface area contributed by atoms with Gasteiger partial charge in [0.1, 0.15) is 0 Å². The lowest BCUT2D eigenvalue weighted by atomic mass is 9.77. The topological polar surface area (TPSA) is 9.86 Å². The Kier molecular flexibility index (Phi) is 9.47. The standard InChI is InChI=1S/C56H48N2/c1-3-4-7-26-42(39(2)43-33-20-35-51-48-31-16-18-37-53(48)57(55(43)51)40-22-8-5-9-23-40)44-27-12-13-28-45(44)46-29-14-15-30-47(46)50-34-21-36-52-49-32-17-19-38-54(49)58(56(50)52)41-24-10-6-11-25-41/h3-20,22,24-35,37-40,42H,21,23,36H2,1-2H3/b4-3-,26-7-. The zero-order chi connectivity index (χ0) is 39.0. The summed E-state index contributed by atoms with van der Waals surface area (Å²) in [5.74, 6) is 0.275. The van der Waals surface area contributed by atoms with Crippen molar-refractivity contribution in [3.05, 3.63) is 228 Å². The molecule has 0 saturated heterocycles. The van der Waals surface area contributed by atoms with Gasteiger partial charge in [0, 0.05) is 38.9 Å². The number of nitrogens with zero attached hydrogens (tertiary/aromatic N) is 2. The van der Waals surface area contributed by atoms with Gasteiger partial charge in [0.25, 0.3) is 0 Å². The van der Waals surface area contributed by atoms with Crippen LogP contribution in [-0.4, -0.2) is 9.13 Å². The minimum atomic E-state index is 0.103. The van der Waals surface area contributed by atoms with E-state index in [1.807, 2.05) is 0 Å². The van der Waals surface area contributed by atoms with Gasteiger partial charge in [-0.1, -0.05) is 183 Å². The van der Waals surface area contributed by atoms with Crippen LogP contribution in [0.5, 0.6) is 0 Å². The Hall–Kier alpha value is -6.64. The maximum atomic E-state index is 2.61. The molecule has 0 spiro atoms. The van der Waals surface area contributed by atoms with Crippen LogP contribution in [0.1, 0.15) is 72.5 Å². The minimum Gasteiger partial charge on any atom is -0.333 e. The highest BCUT2D eigenvalue weighted by molar-refractivity contribution is 6.09. The number of benzene rings is 6. The van der Waals surface area contributed by atoms with Gasteiger partial charge in [-0.25, -0.2) is 0 Å². The molecule has 8 aromatic rings. The highest BCUT2D eigenvalue weighted by Crippen LogP contribution is 2.47. The van der Waals surface area contributed by atoms with Gasteiger partial charge in [0.2, 0.25) is 0 Å². The summed E-state index contributed by atoms with van der Waals surface area (Å²) < 4.78 is 5.11. The van der Waals surface area contributed by atoms with Crippen LogP contribution in [0.15, 0.2) is 200 Å². The number of hydrogen-bond acceptors (Lipinski definition) is 0. The van der Waals surface area contributed by atoms with Crippen molar-refractivity contribution in [2.24, 2.45) is 0 Å². The van der Waals surface area contributed by atoms with E-state index in [9.17, 15) is 0 Å². The number of allylic oxidation sites excluding steroid dienone is 9. The molecule has 0 N–H and O–H groups in total. The molecule has 58 heavy (non-hydrogen) atoms. The molecule has 0 fully saturated rings. The lowest BCUT2D eigenvalue weighted by molar-refractivity contribution is 0.634. The van der Waals surface area contributed by atoms with E-state index in [0.29, 0.717) is 0 Å². The second-order valence-corrected chi connectivity index (χ2v) is 15.8. The van der Waals surface area contributed by atoms with E-state index >= 15 is 0 Å². The van der Waals surface area contributed by atoms with E-state index in [1.165, 1.54) is 83.0 Å². The Morgan fingerprint density at radius 3 is 2.12 bits per heavy atom. The van der Waals surface area contributed by atoms with Crippen molar-refractivity contribution in [1.82, 2.24) is 9.13 Å². The Bertz CT molecular complexity index is 2960. The predicted molar refractivity (Wildman–Crippen MR) is 247 cm³/mol. The SMILES string of the molecule is C/C=C\C=C/C(c1ccccc1-c1ccccc1C1=CCCc2c1n(-c1ccccc1)c1ccccc21)C(C)c1cccc2c3ccccc3n(C3C=CC=CC3)c12. The molecule has 0 bridgehead atoms. The number of aryl methyl sites for hydroxylation is 1. The summed E-state index contributed by atoms with van der Waals surface area (Å²) in [4.78, 5) is 0. The first-order valence-electron chi connectivity index (χ1n) is 20.9. The Morgan fingerprint density at radius 2 is 1.31 bits per heavy atom. The van der Waals surface area contributed by atoms with Gasteiger partial charge >= 0.3 is 0 Å².